The SMILES string of the molecule is [B]Cc1ccc(COC(=O)C2CCC(C(=O)OCCS(=O)(=O)O)CC2)cc1. The van der Waals surface area contributed by atoms with Crippen LogP contribution in [0.2, 0.25) is 0 Å². The molecule has 0 aliphatic heterocycles. The molecule has 1 aromatic carbocycles. The van der Waals surface area contributed by atoms with E-state index in [4.69, 9.17) is 21.9 Å². The molecule has 7 nitrogen and oxygen atoms in total. The van der Waals surface area contributed by atoms with Gasteiger partial charge in [-0.15, -0.1) is 0 Å². The summed E-state index contributed by atoms with van der Waals surface area (Å²) in [4.78, 5) is 24.1. The maximum absolute atomic E-state index is 12.2. The highest BCUT2D eigenvalue weighted by Crippen LogP contribution is 2.30. The number of esters is 2. The molecule has 1 N–H and O–H groups in total. The van der Waals surface area contributed by atoms with Gasteiger partial charge in [-0.05, 0) is 31.2 Å². The molecule has 0 saturated heterocycles. The minimum absolute atomic E-state index is 0.196. The van der Waals surface area contributed by atoms with E-state index >= 15 is 0 Å². The van der Waals surface area contributed by atoms with Crippen LogP contribution in [-0.2, 0) is 42.1 Å². The smallest absolute Gasteiger partial charge is 0.309 e. The molecule has 0 bridgehead atoms. The number of hydrogen-bond acceptors (Lipinski definition) is 6. The van der Waals surface area contributed by atoms with Gasteiger partial charge >= 0.3 is 11.9 Å². The fourth-order valence-corrected chi connectivity index (χ4v) is 3.27. The molecule has 1 aromatic rings. The van der Waals surface area contributed by atoms with Gasteiger partial charge in [-0.3, -0.25) is 14.1 Å². The molecule has 0 spiro atoms. The van der Waals surface area contributed by atoms with E-state index in [1.54, 1.807) is 0 Å². The lowest BCUT2D eigenvalue weighted by atomic mass is 9.82. The monoisotopic (exact) mass is 394 g/mol. The normalized spacial score (nSPS) is 20.0. The first kappa shape index (κ1) is 21.4. The standard InChI is InChI=1S/C18H23BO7S/c19-11-13-1-3-14(4-2-13)12-26-18(21)16-7-5-15(6-8-16)17(20)25-9-10-27(22,23)24/h1-4,15-16H,5-12H2,(H,22,23,24). The van der Waals surface area contributed by atoms with Gasteiger partial charge in [0.05, 0.1) is 19.7 Å². The third-order valence-corrected chi connectivity index (χ3v) is 5.30. The summed E-state index contributed by atoms with van der Waals surface area (Å²) >= 11 is 0. The second-order valence-electron chi connectivity index (χ2n) is 6.63. The molecule has 1 aliphatic carbocycles. The first-order chi connectivity index (χ1) is 12.8. The molecule has 9 heteroatoms. The predicted molar refractivity (Wildman–Crippen MR) is 98.5 cm³/mol. The summed E-state index contributed by atoms with van der Waals surface area (Å²) in [5.74, 6) is -2.01. The van der Waals surface area contributed by atoms with Gasteiger partial charge in [-0.25, -0.2) is 0 Å². The Kier molecular flexibility index (Phi) is 7.85. The lowest BCUT2D eigenvalue weighted by molar-refractivity contribution is -0.155. The van der Waals surface area contributed by atoms with Gasteiger partial charge in [0.2, 0.25) is 0 Å². The second-order valence-corrected chi connectivity index (χ2v) is 8.20. The van der Waals surface area contributed by atoms with Crippen molar-refractivity contribution in [1.29, 1.82) is 0 Å². The number of benzene rings is 1. The first-order valence-electron chi connectivity index (χ1n) is 8.85. The van der Waals surface area contributed by atoms with Crippen molar-refractivity contribution in [2.75, 3.05) is 12.4 Å². The lowest BCUT2D eigenvalue weighted by Gasteiger charge is -2.25. The molecule has 0 heterocycles. The summed E-state index contributed by atoms with van der Waals surface area (Å²) in [7, 11) is 1.39. The predicted octanol–water partition coefficient (Wildman–Crippen LogP) is 1.64. The van der Waals surface area contributed by atoms with Crippen LogP contribution < -0.4 is 0 Å². The van der Waals surface area contributed by atoms with Crippen LogP contribution in [0.1, 0.15) is 36.8 Å². The Bertz CT molecular complexity index is 737. The number of hydrogen-bond donors (Lipinski definition) is 1. The minimum atomic E-state index is -4.15. The van der Waals surface area contributed by atoms with Crippen LogP contribution in [0.15, 0.2) is 24.3 Å². The summed E-state index contributed by atoms with van der Waals surface area (Å²) < 4.78 is 40.1. The van der Waals surface area contributed by atoms with Crippen molar-refractivity contribution in [1.82, 2.24) is 0 Å². The van der Waals surface area contributed by atoms with Gasteiger partial charge in [0.1, 0.15) is 19.0 Å². The van der Waals surface area contributed by atoms with E-state index < -0.39 is 21.8 Å². The van der Waals surface area contributed by atoms with Crippen molar-refractivity contribution in [3.05, 3.63) is 35.4 Å². The van der Waals surface area contributed by atoms with Crippen LogP contribution in [0.5, 0.6) is 0 Å². The molecule has 27 heavy (non-hydrogen) atoms. The van der Waals surface area contributed by atoms with Crippen LogP contribution in [0.25, 0.3) is 0 Å². The van der Waals surface area contributed by atoms with Crippen LogP contribution in [-0.4, -0.2) is 45.1 Å². The summed E-state index contributed by atoms with van der Waals surface area (Å²) in [5, 5.41) is 0. The number of ether oxygens (including phenoxy) is 2. The zero-order valence-corrected chi connectivity index (χ0v) is 15.8. The molecule has 146 valence electrons. The largest absolute Gasteiger partial charge is 0.464 e. The van der Waals surface area contributed by atoms with Gasteiger partial charge in [0, 0.05) is 0 Å². The van der Waals surface area contributed by atoms with Gasteiger partial charge < -0.3 is 9.47 Å². The first-order valence-corrected chi connectivity index (χ1v) is 10.5. The third-order valence-electron chi connectivity index (χ3n) is 4.62. The van der Waals surface area contributed by atoms with Crippen LogP contribution >= 0.6 is 0 Å². The number of rotatable bonds is 8. The molecule has 2 radical (unpaired) electrons. The number of carbonyl (C=O) groups is 2. The molecule has 0 amide bonds. The van der Waals surface area contributed by atoms with Crippen molar-refractivity contribution in [3.63, 3.8) is 0 Å². The van der Waals surface area contributed by atoms with Crippen molar-refractivity contribution in [2.24, 2.45) is 11.8 Å². The molecule has 2 rings (SSSR count). The van der Waals surface area contributed by atoms with E-state index in [0.29, 0.717) is 32.0 Å². The van der Waals surface area contributed by atoms with E-state index in [2.05, 4.69) is 0 Å². The fraction of sp³-hybridized carbons (Fsp3) is 0.556. The molecular weight excluding hydrogens is 371 g/mol. The van der Waals surface area contributed by atoms with E-state index in [0.717, 1.165) is 11.1 Å². The average molecular weight is 394 g/mol. The van der Waals surface area contributed by atoms with Gasteiger partial charge in [0.25, 0.3) is 10.1 Å². The summed E-state index contributed by atoms with van der Waals surface area (Å²) in [6, 6.07) is 7.52. The van der Waals surface area contributed by atoms with E-state index in [1.165, 1.54) is 0 Å². The summed E-state index contributed by atoms with van der Waals surface area (Å²) in [6.07, 6.45) is 2.46. The highest BCUT2D eigenvalue weighted by atomic mass is 32.2. The van der Waals surface area contributed by atoms with Gasteiger partial charge in [0.15, 0.2) is 0 Å². The maximum Gasteiger partial charge on any atom is 0.309 e. The Morgan fingerprint density at radius 3 is 1.93 bits per heavy atom. The minimum Gasteiger partial charge on any atom is -0.464 e. The third kappa shape index (κ3) is 7.34. The van der Waals surface area contributed by atoms with Crippen LogP contribution in [0.4, 0.5) is 0 Å². The highest BCUT2D eigenvalue weighted by molar-refractivity contribution is 7.85. The van der Waals surface area contributed by atoms with E-state index in [-0.39, 0.29) is 31.0 Å². The zero-order valence-electron chi connectivity index (χ0n) is 15.0. The van der Waals surface area contributed by atoms with Gasteiger partial charge in [-0.2, -0.15) is 8.42 Å². The zero-order chi connectivity index (χ0) is 19.9. The molecule has 0 aromatic heterocycles. The Morgan fingerprint density at radius 2 is 1.44 bits per heavy atom. The Hall–Kier alpha value is -1.87. The quantitative estimate of drug-likeness (QED) is 0.406. The highest BCUT2D eigenvalue weighted by Gasteiger charge is 2.31. The Balaban J connectivity index is 1.70. The lowest BCUT2D eigenvalue weighted by Crippen LogP contribution is -2.29. The Labute approximate surface area is 160 Å². The van der Waals surface area contributed by atoms with Crippen LogP contribution in [0.3, 0.4) is 0 Å². The Morgan fingerprint density at radius 1 is 0.963 bits per heavy atom. The van der Waals surface area contributed by atoms with Crippen molar-refractivity contribution >= 4 is 29.9 Å². The summed E-state index contributed by atoms with van der Waals surface area (Å²) in [6.45, 7) is -0.177. The molecule has 1 saturated carbocycles. The average Bonchev–Trinajstić information content (AvgIpc) is 2.65. The molecule has 0 atom stereocenters. The summed E-state index contributed by atoms with van der Waals surface area (Å²) in [5.41, 5.74) is 1.89. The van der Waals surface area contributed by atoms with Gasteiger partial charge in [-0.1, -0.05) is 36.1 Å². The van der Waals surface area contributed by atoms with Crippen molar-refractivity contribution in [2.45, 2.75) is 38.6 Å². The second kappa shape index (κ2) is 9.89. The maximum atomic E-state index is 12.2. The van der Waals surface area contributed by atoms with E-state index in [1.807, 2.05) is 24.3 Å². The molecule has 1 fully saturated rings. The van der Waals surface area contributed by atoms with Crippen molar-refractivity contribution < 1.29 is 32.0 Å². The van der Waals surface area contributed by atoms with E-state index in [9.17, 15) is 18.0 Å². The fourth-order valence-electron chi connectivity index (χ4n) is 2.97. The molecule has 0 unspecified atom stereocenters. The topological polar surface area (TPSA) is 107 Å². The molecule has 1 aliphatic rings. The number of carbonyl (C=O) groups excluding carboxylic acids is 2. The molecular formula is C18H23BO7S. The van der Waals surface area contributed by atoms with Crippen LogP contribution in [0, 0.1) is 11.8 Å². The van der Waals surface area contributed by atoms with Crippen molar-refractivity contribution in [3.8, 4) is 0 Å².